The SMILES string of the molecule is COc1cc(/C=C/C=C/C(=O)O)cc2c1OCO2. The molecule has 5 nitrogen and oxygen atoms in total. The van der Waals surface area contributed by atoms with Gasteiger partial charge < -0.3 is 19.3 Å². The summed E-state index contributed by atoms with van der Waals surface area (Å²) in [5.74, 6) is 0.821. The number of aliphatic carboxylic acids is 1. The smallest absolute Gasteiger partial charge is 0.328 e. The molecule has 0 amide bonds. The molecule has 0 saturated carbocycles. The van der Waals surface area contributed by atoms with Crippen molar-refractivity contribution in [2.75, 3.05) is 13.9 Å². The third-order valence-corrected chi connectivity index (χ3v) is 2.32. The van der Waals surface area contributed by atoms with Crippen molar-refractivity contribution in [1.29, 1.82) is 0 Å². The van der Waals surface area contributed by atoms with Crippen LogP contribution < -0.4 is 14.2 Å². The van der Waals surface area contributed by atoms with Gasteiger partial charge in [0.25, 0.3) is 0 Å². The molecule has 0 aliphatic carbocycles. The van der Waals surface area contributed by atoms with Gasteiger partial charge in [0.2, 0.25) is 12.5 Å². The first-order valence-electron chi connectivity index (χ1n) is 5.26. The Balaban J connectivity index is 2.22. The molecule has 18 heavy (non-hydrogen) atoms. The summed E-state index contributed by atoms with van der Waals surface area (Å²) >= 11 is 0. The Morgan fingerprint density at radius 3 is 2.94 bits per heavy atom. The first kappa shape index (κ1) is 12.0. The quantitative estimate of drug-likeness (QED) is 0.652. The predicted octanol–water partition coefficient (Wildman–Crippen LogP) is 2.08. The minimum atomic E-state index is -0.983. The second-order valence-corrected chi connectivity index (χ2v) is 3.51. The Hall–Kier alpha value is -2.43. The molecule has 1 N–H and O–H groups in total. The van der Waals surface area contributed by atoms with E-state index in [-0.39, 0.29) is 6.79 Å². The number of hydrogen-bond acceptors (Lipinski definition) is 4. The molecule has 0 spiro atoms. The molecule has 0 fully saturated rings. The predicted molar refractivity (Wildman–Crippen MR) is 64.9 cm³/mol. The zero-order valence-electron chi connectivity index (χ0n) is 9.75. The molecule has 0 atom stereocenters. The van der Waals surface area contributed by atoms with Gasteiger partial charge >= 0.3 is 5.97 Å². The number of carboxylic acids is 1. The molecule has 94 valence electrons. The summed E-state index contributed by atoms with van der Waals surface area (Å²) in [6.45, 7) is 0.178. The van der Waals surface area contributed by atoms with Gasteiger partial charge in [0, 0.05) is 6.08 Å². The van der Waals surface area contributed by atoms with Gasteiger partial charge in [0.15, 0.2) is 11.5 Å². The van der Waals surface area contributed by atoms with E-state index in [0.717, 1.165) is 11.6 Å². The van der Waals surface area contributed by atoms with E-state index in [4.69, 9.17) is 19.3 Å². The van der Waals surface area contributed by atoms with E-state index < -0.39 is 5.97 Å². The Kier molecular flexibility index (Phi) is 3.52. The van der Waals surface area contributed by atoms with Gasteiger partial charge in [0.1, 0.15) is 0 Å². The molecule has 1 aromatic carbocycles. The van der Waals surface area contributed by atoms with Crippen LogP contribution in [0.1, 0.15) is 5.56 Å². The first-order valence-corrected chi connectivity index (χ1v) is 5.26. The maximum absolute atomic E-state index is 10.3. The summed E-state index contributed by atoms with van der Waals surface area (Å²) < 4.78 is 15.7. The van der Waals surface area contributed by atoms with Gasteiger partial charge in [-0.15, -0.1) is 0 Å². The van der Waals surface area contributed by atoms with Crippen molar-refractivity contribution >= 4 is 12.0 Å². The van der Waals surface area contributed by atoms with Crippen molar-refractivity contribution in [3.05, 3.63) is 35.9 Å². The maximum atomic E-state index is 10.3. The van der Waals surface area contributed by atoms with Crippen LogP contribution in [-0.2, 0) is 4.79 Å². The number of benzene rings is 1. The Morgan fingerprint density at radius 1 is 1.39 bits per heavy atom. The number of carboxylic acid groups (broad SMARTS) is 1. The summed E-state index contributed by atoms with van der Waals surface area (Å²) in [6, 6.07) is 3.59. The highest BCUT2D eigenvalue weighted by atomic mass is 16.7. The molecule has 0 aromatic heterocycles. The first-order chi connectivity index (χ1) is 8.70. The highest BCUT2D eigenvalue weighted by Crippen LogP contribution is 2.41. The van der Waals surface area contributed by atoms with Gasteiger partial charge in [-0.05, 0) is 17.7 Å². The van der Waals surface area contributed by atoms with Crippen LogP contribution in [0.5, 0.6) is 17.2 Å². The van der Waals surface area contributed by atoms with Crippen molar-refractivity contribution < 1.29 is 24.1 Å². The summed E-state index contributed by atoms with van der Waals surface area (Å²) in [7, 11) is 1.55. The number of allylic oxidation sites excluding steroid dienone is 2. The van der Waals surface area contributed by atoms with Gasteiger partial charge in [-0.3, -0.25) is 0 Å². The van der Waals surface area contributed by atoms with Crippen molar-refractivity contribution in [3.8, 4) is 17.2 Å². The van der Waals surface area contributed by atoms with Gasteiger partial charge in [-0.2, -0.15) is 0 Å². The molecular formula is C13H12O5. The Bertz CT molecular complexity index is 516. The van der Waals surface area contributed by atoms with Crippen LogP contribution in [0.25, 0.3) is 6.08 Å². The summed E-state index contributed by atoms with van der Waals surface area (Å²) in [5, 5.41) is 8.44. The lowest BCUT2D eigenvalue weighted by atomic mass is 10.1. The highest BCUT2D eigenvalue weighted by molar-refractivity contribution is 5.80. The molecule has 1 aromatic rings. The van der Waals surface area contributed by atoms with Crippen molar-refractivity contribution in [3.63, 3.8) is 0 Å². The fourth-order valence-corrected chi connectivity index (χ4v) is 1.55. The lowest BCUT2D eigenvalue weighted by molar-refractivity contribution is -0.131. The van der Waals surface area contributed by atoms with Crippen LogP contribution in [0.15, 0.2) is 30.4 Å². The molecule has 1 heterocycles. The van der Waals surface area contributed by atoms with Crippen LogP contribution in [0, 0.1) is 0 Å². The van der Waals surface area contributed by atoms with E-state index in [1.165, 1.54) is 6.08 Å². The molecule has 0 unspecified atom stereocenters. The van der Waals surface area contributed by atoms with Crippen LogP contribution in [-0.4, -0.2) is 25.0 Å². The third kappa shape index (κ3) is 2.63. The number of carbonyl (C=O) groups is 1. The minimum absolute atomic E-state index is 0.178. The molecule has 0 saturated heterocycles. The van der Waals surface area contributed by atoms with Crippen molar-refractivity contribution in [2.45, 2.75) is 0 Å². The second kappa shape index (κ2) is 5.27. The number of methoxy groups -OCH3 is 1. The fourth-order valence-electron chi connectivity index (χ4n) is 1.55. The zero-order valence-corrected chi connectivity index (χ0v) is 9.75. The average molecular weight is 248 g/mol. The summed E-state index contributed by atoms with van der Waals surface area (Å²) in [4.78, 5) is 10.3. The van der Waals surface area contributed by atoms with Crippen LogP contribution in [0.3, 0.4) is 0 Å². The van der Waals surface area contributed by atoms with Crippen molar-refractivity contribution in [2.24, 2.45) is 0 Å². The molecule has 1 aliphatic heterocycles. The summed E-state index contributed by atoms with van der Waals surface area (Å²) in [5.41, 5.74) is 0.839. The molecule has 2 rings (SSSR count). The van der Waals surface area contributed by atoms with E-state index in [0.29, 0.717) is 17.2 Å². The molecule has 5 heteroatoms. The standard InChI is InChI=1S/C13H12O5/c1-16-10-6-9(4-2-3-5-12(14)15)7-11-13(10)18-8-17-11/h2-7H,8H2,1H3,(H,14,15)/b4-2+,5-3+. The van der Waals surface area contributed by atoms with Gasteiger partial charge in [-0.1, -0.05) is 18.2 Å². The lowest BCUT2D eigenvalue weighted by Gasteiger charge is -2.05. The monoisotopic (exact) mass is 248 g/mol. The van der Waals surface area contributed by atoms with E-state index in [9.17, 15) is 4.79 Å². The third-order valence-electron chi connectivity index (χ3n) is 2.32. The van der Waals surface area contributed by atoms with Crippen LogP contribution >= 0.6 is 0 Å². The Labute approximate surface area is 104 Å². The number of hydrogen-bond donors (Lipinski definition) is 1. The second-order valence-electron chi connectivity index (χ2n) is 3.51. The topological polar surface area (TPSA) is 65.0 Å². The minimum Gasteiger partial charge on any atom is -0.493 e. The molecule has 1 aliphatic rings. The molecule has 0 radical (unpaired) electrons. The van der Waals surface area contributed by atoms with Crippen LogP contribution in [0.2, 0.25) is 0 Å². The van der Waals surface area contributed by atoms with E-state index in [1.54, 1.807) is 31.4 Å². The van der Waals surface area contributed by atoms with Gasteiger partial charge in [0.05, 0.1) is 7.11 Å². The number of rotatable bonds is 4. The highest BCUT2D eigenvalue weighted by Gasteiger charge is 2.19. The van der Waals surface area contributed by atoms with E-state index >= 15 is 0 Å². The zero-order chi connectivity index (χ0) is 13.0. The summed E-state index contributed by atoms with van der Waals surface area (Å²) in [6.07, 6.45) is 5.88. The molecular weight excluding hydrogens is 236 g/mol. The van der Waals surface area contributed by atoms with Crippen LogP contribution in [0.4, 0.5) is 0 Å². The van der Waals surface area contributed by atoms with E-state index in [1.807, 2.05) is 0 Å². The Morgan fingerprint density at radius 2 is 2.22 bits per heavy atom. The number of fused-ring (bicyclic) bond motifs is 1. The average Bonchev–Trinajstić information content (AvgIpc) is 2.81. The van der Waals surface area contributed by atoms with Gasteiger partial charge in [-0.25, -0.2) is 4.79 Å². The lowest BCUT2D eigenvalue weighted by Crippen LogP contribution is -1.93. The maximum Gasteiger partial charge on any atom is 0.328 e. The number of ether oxygens (including phenoxy) is 3. The van der Waals surface area contributed by atoms with Crippen molar-refractivity contribution in [1.82, 2.24) is 0 Å². The fraction of sp³-hybridized carbons (Fsp3) is 0.154. The van der Waals surface area contributed by atoms with E-state index in [2.05, 4.69) is 0 Å². The largest absolute Gasteiger partial charge is 0.493 e. The molecule has 0 bridgehead atoms. The normalized spacial score (nSPS) is 13.4.